The Morgan fingerprint density at radius 2 is 2.10 bits per heavy atom. The maximum absolute atomic E-state index is 12.5. The van der Waals surface area contributed by atoms with Crippen LogP contribution in [0.15, 0.2) is 42.5 Å². The molecule has 1 aromatic carbocycles. The van der Waals surface area contributed by atoms with Gasteiger partial charge in [-0.1, -0.05) is 24.3 Å². The van der Waals surface area contributed by atoms with E-state index in [-0.39, 0.29) is 11.8 Å². The topological polar surface area (TPSA) is 54.0 Å². The van der Waals surface area contributed by atoms with Crippen molar-refractivity contribution in [3.05, 3.63) is 53.7 Å². The number of amides is 1. The number of benzene rings is 1. The highest BCUT2D eigenvalue weighted by atomic mass is 16.1. The average Bonchev–Trinajstić information content (AvgIpc) is 2.46. The molecule has 2 aromatic rings. The Kier molecular flexibility index (Phi) is 3.37. The van der Waals surface area contributed by atoms with E-state index in [2.05, 4.69) is 15.6 Å². The molecule has 1 aliphatic heterocycles. The van der Waals surface area contributed by atoms with Crippen LogP contribution < -0.4 is 10.6 Å². The van der Waals surface area contributed by atoms with Gasteiger partial charge in [0.25, 0.3) is 0 Å². The largest absolute Gasteiger partial charge is 0.385 e. The predicted octanol–water partition coefficient (Wildman–Crippen LogP) is 2.93. The second-order valence-electron chi connectivity index (χ2n) is 5.01. The maximum Gasteiger partial charge on any atom is 0.233 e. The molecule has 0 bridgehead atoms. The van der Waals surface area contributed by atoms with Crippen LogP contribution in [0.4, 0.5) is 11.5 Å². The number of aryl methyl sites for hydroxylation is 1. The van der Waals surface area contributed by atoms with E-state index in [9.17, 15) is 4.79 Å². The normalized spacial score (nSPS) is 16.9. The van der Waals surface area contributed by atoms with Gasteiger partial charge in [-0.3, -0.25) is 4.79 Å². The molecular formula is C16H17N3O. The van der Waals surface area contributed by atoms with E-state index in [4.69, 9.17) is 0 Å². The standard InChI is InChI=1S/C16H17N3O/c1-11-5-4-8-15(18-11)19-16(20)13-9-10-17-14-7-3-2-6-12(13)14/h2-8,13,17H,9-10H2,1H3,(H,18,19,20). The highest BCUT2D eigenvalue weighted by Crippen LogP contribution is 2.31. The fraction of sp³-hybridized carbons (Fsp3) is 0.250. The molecule has 1 aromatic heterocycles. The molecule has 0 saturated heterocycles. The molecule has 2 heterocycles. The van der Waals surface area contributed by atoms with Crippen molar-refractivity contribution in [3.8, 4) is 0 Å². The monoisotopic (exact) mass is 267 g/mol. The SMILES string of the molecule is Cc1cccc(NC(=O)C2CCNc3ccccc32)n1. The van der Waals surface area contributed by atoms with Gasteiger partial charge in [0.1, 0.15) is 5.82 Å². The number of anilines is 2. The van der Waals surface area contributed by atoms with Gasteiger partial charge in [-0.05, 0) is 37.1 Å². The number of rotatable bonds is 2. The Balaban J connectivity index is 1.82. The molecule has 0 radical (unpaired) electrons. The molecule has 20 heavy (non-hydrogen) atoms. The zero-order valence-electron chi connectivity index (χ0n) is 11.4. The lowest BCUT2D eigenvalue weighted by Gasteiger charge is -2.25. The Morgan fingerprint density at radius 1 is 1.25 bits per heavy atom. The van der Waals surface area contributed by atoms with E-state index < -0.39 is 0 Å². The fourth-order valence-corrected chi connectivity index (χ4v) is 2.57. The minimum atomic E-state index is -0.116. The van der Waals surface area contributed by atoms with E-state index >= 15 is 0 Å². The second kappa shape index (κ2) is 5.33. The molecule has 0 fully saturated rings. The average molecular weight is 267 g/mol. The van der Waals surface area contributed by atoms with Crippen LogP contribution >= 0.6 is 0 Å². The number of nitrogens with zero attached hydrogens (tertiary/aromatic N) is 1. The molecular weight excluding hydrogens is 250 g/mol. The Hall–Kier alpha value is -2.36. The summed E-state index contributed by atoms with van der Waals surface area (Å²) < 4.78 is 0. The third-order valence-electron chi connectivity index (χ3n) is 3.54. The highest BCUT2D eigenvalue weighted by Gasteiger charge is 2.26. The molecule has 0 saturated carbocycles. The van der Waals surface area contributed by atoms with Gasteiger partial charge in [-0.25, -0.2) is 4.98 Å². The first-order chi connectivity index (χ1) is 9.74. The summed E-state index contributed by atoms with van der Waals surface area (Å²) in [6.45, 7) is 2.73. The van der Waals surface area contributed by atoms with Crippen molar-refractivity contribution in [2.24, 2.45) is 0 Å². The van der Waals surface area contributed by atoms with Crippen LogP contribution in [0, 0.1) is 6.92 Å². The molecule has 102 valence electrons. The van der Waals surface area contributed by atoms with Crippen molar-refractivity contribution in [2.45, 2.75) is 19.3 Å². The number of para-hydroxylation sites is 1. The molecule has 0 aliphatic carbocycles. The van der Waals surface area contributed by atoms with E-state index in [1.807, 2.05) is 49.4 Å². The summed E-state index contributed by atoms with van der Waals surface area (Å²) >= 11 is 0. The summed E-state index contributed by atoms with van der Waals surface area (Å²) in [7, 11) is 0. The Morgan fingerprint density at radius 3 is 2.95 bits per heavy atom. The molecule has 4 nitrogen and oxygen atoms in total. The van der Waals surface area contributed by atoms with Crippen LogP contribution in [0.5, 0.6) is 0 Å². The summed E-state index contributed by atoms with van der Waals surface area (Å²) in [4.78, 5) is 16.8. The number of aromatic nitrogens is 1. The molecule has 1 aliphatic rings. The first-order valence-corrected chi connectivity index (χ1v) is 6.81. The third-order valence-corrected chi connectivity index (χ3v) is 3.54. The van der Waals surface area contributed by atoms with Gasteiger partial charge in [0.15, 0.2) is 0 Å². The van der Waals surface area contributed by atoms with Gasteiger partial charge in [-0.2, -0.15) is 0 Å². The number of pyridine rings is 1. The smallest absolute Gasteiger partial charge is 0.233 e. The zero-order valence-corrected chi connectivity index (χ0v) is 11.4. The highest BCUT2D eigenvalue weighted by molar-refractivity contribution is 5.96. The van der Waals surface area contributed by atoms with Gasteiger partial charge in [0.2, 0.25) is 5.91 Å². The van der Waals surface area contributed by atoms with Gasteiger partial charge >= 0.3 is 0 Å². The summed E-state index contributed by atoms with van der Waals surface area (Å²) in [6, 6.07) is 13.6. The minimum absolute atomic E-state index is 0.0112. The van der Waals surface area contributed by atoms with Crippen molar-refractivity contribution in [1.82, 2.24) is 4.98 Å². The molecule has 1 amide bonds. The quantitative estimate of drug-likeness (QED) is 0.879. The Labute approximate surface area is 118 Å². The van der Waals surface area contributed by atoms with E-state index in [0.29, 0.717) is 5.82 Å². The second-order valence-corrected chi connectivity index (χ2v) is 5.01. The van der Waals surface area contributed by atoms with Gasteiger partial charge in [-0.15, -0.1) is 0 Å². The summed E-state index contributed by atoms with van der Waals surface area (Å²) in [5, 5.41) is 6.24. The van der Waals surface area contributed by atoms with Crippen molar-refractivity contribution in [3.63, 3.8) is 0 Å². The number of hydrogen-bond acceptors (Lipinski definition) is 3. The minimum Gasteiger partial charge on any atom is -0.385 e. The molecule has 1 unspecified atom stereocenters. The molecule has 3 rings (SSSR count). The van der Waals surface area contributed by atoms with Crippen molar-refractivity contribution >= 4 is 17.4 Å². The van der Waals surface area contributed by atoms with Crippen molar-refractivity contribution in [2.75, 3.05) is 17.2 Å². The first kappa shape index (κ1) is 12.7. The lowest BCUT2D eigenvalue weighted by Crippen LogP contribution is -2.27. The van der Waals surface area contributed by atoms with Crippen LogP contribution in [0.1, 0.15) is 23.6 Å². The molecule has 0 spiro atoms. The third kappa shape index (κ3) is 2.50. The number of carbonyl (C=O) groups is 1. The summed E-state index contributed by atoms with van der Waals surface area (Å²) in [5.41, 5.74) is 3.01. The number of hydrogen-bond donors (Lipinski definition) is 2. The van der Waals surface area contributed by atoms with Gasteiger partial charge < -0.3 is 10.6 Å². The van der Waals surface area contributed by atoms with Crippen LogP contribution in [-0.2, 0) is 4.79 Å². The first-order valence-electron chi connectivity index (χ1n) is 6.81. The van der Waals surface area contributed by atoms with Crippen LogP contribution in [0.3, 0.4) is 0 Å². The number of carbonyl (C=O) groups excluding carboxylic acids is 1. The summed E-state index contributed by atoms with van der Waals surface area (Å²) in [6.07, 6.45) is 0.800. The summed E-state index contributed by atoms with van der Waals surface area (Å²) in [5.74, 6) is 0.512. The zero-order chi connectivity index (χ0) is 13.9. The van der Waals surface area contributed by atoms with Gasteiger partial charge in [0, 0.05) is 17.9 Å². The van der Waals surface area contributed by atoms with Crippen LogP contribution in [-0.4, -0.2) is 17.4 Å². The van der Waals surface area contributed by atoms with Gasteiger partial charge in [0.05, 0.1) is 5.92 Å². The van der Waals surface area contributed by atoms with E-state index in [0.717, 1.165) is 29.9 Å². The number of fused-ring (bicyclic) bond motifs is 1. The molecule has 4 heteroatoms. The molecule has 1 atom stereocenters. The van der Waals surface area contributed by atoms with E-state index in [1.165, 1.54) is 0 Å². The van der Waals surface area contributed by atoms with E-state index in [1.54, 1.807) is 0 Å². The van der Waals surface area contributed by atoms with Crippen LogP contribution in [0.2, 0.25) is 0 Å². The van der Waals surface area contributed by atoms with Crippen molar-refractivity contribution < 1.29 is 4.79 Å². The van der Waals surface area contributed by atoms with Crippen LogP contribution in [0.25, 0.3) is 0 Å². The van der Waals surface area contributed by atoms with Crippen molar-refractivity contribution in [1.29, 1.82) is 0 Å². The Bertz CT molecular complexity index is 639. The fourth-order valence-electron chi connectivity index (χ4n) is 2.57. The maximum atomic E-state index is 12.5. The lowest BCUT2D eigenvalue weighted by molar-refractivity contribution is -0.117. The molecule has 2 N–H and O–H groups in total. The predicted molar refractivity (Wildman–Crippen MR) is 79.9 cm³/mol. The number of nitrogens with one attached hydrogen (secondary N) is 2. The lowest BCUT2D eigenvalue weighted by atomic mass is 9.90.